The van der Waals surface area contributed by atoms with Crippen molar-refractivity contribution < 1.29 is 44.0 Å². The van der Waals surface area contributed by atoms with Gasteiger partial charge in [0.25, 0.3) is 0 Å². The fourth-order valence-electron chi connectivity index (χ4n) is 4.09. The lowest BCUT2D eigenvalue weighted by atomic mass is 10.1. The molecule has 2 nitrogen and oxygen atoms in total. The SMILES string of the molecule is Fc1c(F)c(F)c2c(ccc3cc(-c4cc5ccc6c(F)c(F)c(F)c(F)c6c5o4)oc32)c1F. The number of benzene rings is 4. The van der Waals surface area contributed by atoms with E-state index in [1.165, 1.54) is 24.3 Å². The molecular weight excluding hydrogens is 472 g/mol. The van der Waals surface area contributed by atoms with E-state index in [1.807, 2.05) is 0 Å². The highest BCUT2D eigenvalue weighted by atomic mass is 19.2. The summed E-state index contributed by atoms with van der Waals surface area (Å²) < 4.78 is 123. The molecule has 0 fully saturated rings. The molecule has 0 saturated heterocycles. The third-order valence-electron chi connectivity index (χ3n) is 5.68. The number of fused-ring (bicyclic) bond motifs is 6. The Kier molecular flexibility index (Phi) is 4.06. The molecule has 0 amide bonds. The van der Waals surface area contributed by atoms with Crippen LogP contribution in [-0.2, 0) is 0 Å². The van der Waals surface area contributed by atoms with Crippen LogP contribution < -0.4 is 0 Å². The number of hydrogen-bond donors (Lipinski definition) is 0. The van der Waals surface area contributed by atoms with Crippen LogP contribution in [0.5, 0.6) is 0 Å². The molecule has 0 aliphatic rings. The van der Waals surface area contributed by atoms with Gasteiger partial charge in [0, 0.05) is 21.5 Å². The Balaban J connectivity index is 1.64. The Bertz CT molecular complexity index is 1710. The van der Waals surface area contributed by atoms with Crippen molar-refractivity contribution in [3.05, 3.63) is 82.9 Å². The molecule has 170 valence electrons. The highest BCUT2D eigenvalue weighted by Gasteiger charge is 2.26. The molecule has 6 rings (SSSR count). The van der Waals surface area contributed by atoms with Gasteiger partial charge >= 0.3 is 0 Å². The van der Waals surface area contributed by atoms with Crippen LogP contribution in [0.2, 0.25) is 0 Å². The molecular formula is C24H6F8O2. The molecule has 4 aromatic carbocycles. The standard InChI is InChI=1S/C24H6F8O2/c25-15-9-3-1-7-5-11(33-23(7)13(9)17(27)21(31)19(15)29)12-6-8-2-4-10-14(24(8)34-12)18(28)22(32)20(30)16(10)26/h1-6H. The summed E-state index contributed by atoms with van der Waals surface area (Å²) in [4.78, 5) is 0. The fourth-order valence-corrected chi connectivity index (χ4v) is 4.09. The van der Waals surface area contributed by atoms with Crippen molar-refractivity contribution in [3.8, 4) is 11.5 Å². The zero-order chi connectivity index (χ0) is 24.0. The normalized spacial score (nSPS) is 12.1. The van der Waals surface area contributed by atoms with E-state index in [2.05, 4.69) is 0 Å². The van der Waals surface area contributed by atoms with Crippen molar-refractivity contribution in [2.75, 3.05) is 0 Å². The molecule has 34 heavy (non-hydrogen) atoms. The van der Waals surface area contributed by atoms with E-state index in [1.54, 1.807) is 0 Å². The number of rotatable bonds is 1. The van der Waals surface area contributed by atoms with Gasteiger partial charge < -0.3 is 8.83 Å². The van der Waals surface area contributed by atoms with Crippen molar-refractivity contribution in [1.29, 1.82) is 0 Å². The van der Waals surface area contributed by atoms with E-state index in [-0.39, 0.29) is 33.5 Å². The summed E-state index contributed by atoms with van der Waals surface area (Å²) in [6.45, 7) is 0. The smallest absolute Gasteiger partial charge is 0.198 e. The van der Waals surface area contributed by atoms with Gasteiger partial charge in [0.2, 0.25) is 0 Å². The van der Waals surface area contributed by atoms with E-state index in [4.69, 9.17) is 8.83 Å². The van der Waals surface area contributed by atoms with Gasteiger partial charge in [0.05, 0.1) is 10.8 Å². The highest BCUT2D eigenvalue weighted by Crippen LogP contribution is 2.40. The second kappa shape index (κ2) is 6.72. The molecule has 0 saturated carbocycles. The van der Waals surface area contributed by atoms with E-state index in [9.17, 15) is 35.1 Å². The Morgan fingerprint density at radius 3 is 1.15 bits per heavy atom. The summed E-state index contributed by atoms with van der Waals surface area (Å²) in [5.41, 5.74) is -0.642. The van der Waals surface area contributed by atoms with Crippen LogP contribution in [0.3, 0.4) is 0 Å². The highest BCUT2D eigenvalue weighted by molar-refractivity contribution is 6.08. The Morgan fingerprint density at radius 1 is 0.412 bits per heavy atom. The second-order valence-corrected chi connectivity index (χ2v) is 7.55. The van der Waals surface area contributed by atoms with E-state index < -0.39 is 68.1 Å². The van der Waals surface area contributed by atoms with Crippen molar-refractivity contribution >= 4 is 43.5 Å². The summed E-state index contributed by atoms with van der Waals surface area (Å²) in [6.07, 6.45) is 0. The van der Waals surface area contributed by atoms with Gasteiger partial charge in [-0.15, -0.1) is 0 Å². The Morgan fingerprint density at radius 2 is 0.765 bits per heavy atom. The molecule has 0 aliphatic heterocycles. The van der Waals surface area contributed by atoms with Crippen molar-refractivity contribution in [2.24, 2.45) is 0 Å². The maximum absolute atomic E-state index is 14.5. The zero-order valence-electron chi connectivity index (χ0n) is 16.3. The average Bonchev–Trinajstić information content (AvgIpc) is 3.46. The largest absolute Gasteiger partial charge is 0.452 e. The van der Waals surface area contributed by atoms with Gasteiger partial charge in [-0.3, -0.25) is 0 Å². The minimum absolute atomic E-state index is 0.111. The van der Waals surface area contributed by atoms with Crippen LogP contribution in [0.15, 0.2) is 45.2 Å². The maximum atomic E-state index is 14.5. The molecule has 0 N–H and O–H groups in total. The van der Waals surface area contributed by atoms with Crippen molar-refractivity contribution in [2.45, 2.75) is 0 Å². The maximum Gasteiger partial charge on any atom is 0.198 e. The first-order valence-electron chi connectivity index (χ1n) is 9.55. The molecule has 0 spiro atoms. The van der Waals surface area contributed by atoms with Gasteiger partial charge in [-0.25, -0.2) is 35.1 Å². The topological polar surface area (TPSA) is 26.3 Å². The first kappa shape index (κ1) is 20.5. The lowest BCUT2D eigenvalue weighted by Gasteiger charge is -2.05. The average molecular weight is 478 g/mol. The number of hydrogen-bond acceptors (Lipinski definition) is 2. The van der Waals surface area contributed by atoms with Crippen molar-refractivity contribution in [1.82, 2.24) is 0 Å². The molecule has 2 heterocycles. The van der Waals surface area contributed by atoms with E-state index >= 15 is 0 Å². The predicted molar refractivity (Wildman–Crippen MR) is 106 cm³/mol. The van der Waals surface area contributed by atoms with E-state index in [0.717, 1.165) is 12.1 Å². The first-order chi connectivity index (χ1) is 16.2. The van der Waals surface area contributed by atoms with Crippen LogP contribution in [0.1, 0.15) is 0 Å². The van der Waals surface area contributed by atoms with Crippen LogP contribution in [0, 0.1) is 46.5 Å². The quantitative estimate of drug-likeness (QED) is 0.135. The minimum atomic E-state index is -2.02. The van der Waals surface area contributed by atoms with E-state index in [0.29, 0.717) is 0 Å². The zero-order valence-corrected chi connectivity index (χ0v) is 16.3. The van der Waals surface area contributed by atoms with Gasteiger partial charge in [0.15, 0.2) is 58.1 Å². The van der Waals surface area contributed by atoms with Crippen LogP contribution >= 0.6 is 0 Å². The molecule has 6 aromatic rings. The molecule has 0 unspecified atom stereocenters. The monoisotopic (exact) mass is 478 g/mol. The second-order valence-electron chi connectivity index (χ2n) is 7.55. The number of furan rings is 2. The summed E-state index contributed by atoms with van der Waals surface area (Å²) >= 11 is 0. The van der Waals surface area contributed by atoms with Crippen LogP contribution in [0.4, 0.5) is 35.1 Å². The van der Waals surface area contributed by atoms with Gasteiger partial charge in [0.1, 0.15) is 11.2 Å². The molecule has 0 bridgehead atoms. The first-order valence-corrected chi connectivity index (χ1v) is 9.55. The fraction of sp³-hybridized carbons (Fsp3) is 0. The summed E-state index contributed by atoms with van der Waals surface area (Å²) in [5, 5.41) is -2.07. The summed E-state index contributed by atoms with van der Waals surface area (Å²) in [5.74, 6) is -14.7. The van der Waals surface area contributed by atoms with Gasteiger partial charge in [-0.05, 0) is 12.1 Å². The Hall–Kier alpha value is -4.08. The number of halogens is 8. The predicted octanol–water partition coefficient (Wildman–Crippen LogP) is 8.27. The molecule has 10 heteroatoms. The van der Waals surface area contributed by atoms with Crippen molar-refractivity contribution in [3.63, 3.8) is 0 Å². The Labute approximate surface area is 182 Å². The lowest BCUT2D eigenvalue weighted by molar-refractivity contribution is 0.417. The molecule has 0 radical (unpaired) electrons. The van der Waals surface area contributed by atoms with Crippen LogP contribution in [-0.4, -0.2) is 0 Å². The molecule has 0 atom stereocenters. The third kappa shape index (κ3) is 2.50. The summed E-state index contributed by atoms with van der Waals surface area (Å²) in [6, 6.07) is 7.25. The third-order valence-corrected chi connectivity index (χ3v) is 5.68. The molecule has 2 aromatic heterocycles. The van der Waals surface area contributed by atoms with Gasteiger partial charge in [-0.1, -0.05) is 24.3 Å². The minimum Gasteiger partial charge on any atom is -0.452 e. The van der Waals surface area contributed by atoms with Crippen LogP contribution in [0.25, 0.3) is 55.0 Å². The summed E-state index contributed by atoms with van der Waals surface area (Å²) in [7, 11) is 0. The molecule has 0 aliphatic carbocycles. The van der Waals surface area contributed by atoms with Gasteiger partial charge in [-0.2, -0.15) is 0 Å². The lowest BCUT2D eigenvalue weighted by Crippen LogP contribution is -1.98.